The molecule has 10 heteroatoms. The number of benzene rings is 3. The van der Waals surface area contributed by atoms with Crippen LogP contribution in [0.5, 0.6) is 11.5 Å². The SMILES string of the molecule is COc1cc2c(cc1OC)CN(CC1OC(c3cccc(NC(=O)C(C)OC(C)=O)c3)OC(c3ccc(CO)cc3)C1C)CC2. The van der Waals surface area contributed by atoms with Crippen LogP contribution < -0.4 is 14.8 Å². The van der Waals surface area contributed by atoms with Crippen molar-refractivity contribution in [2.45, 2.75) is 64.9 Å². The molecular formula is C35H42N2O8. The van der Waals surface area contributed by atoms with Gasteiger partial charge in [-0.15, -0.1) is 0 Å². The van der Waals surface area contributed by atoms with Gasteiger partial charge in [0.2, 0.25) is 0 Å². The Labute approximate surface area is 264 Å². The Morgan fingerprint density at radius 2 is 1.71 bits per heavy atom. The summed E-state index contributed by atoms with van der Waals surface area (Å²) in [5, 5.41) is 12.4. The number of aliphatic hydroxyl groups excluding tert-OH is 1. The maximum atomic E-state index is 12.6. The second-order valence-electron chi connectivity index (χ2n) is 11.6. The highest BCUT2D eigenvalue weighted by atomic mass is 16.7. The van der Waals surface area contributed by atoms with Crippen LogP contribution in [0.25, 0.3) is 0 Å². The summed E-state index contributed by atoms with van der Waals surface area (Å²) in [5.74, 6) is 0.517. The number of amides is 1. The number of nitrogens with zero attached hydrogens (tertiary/aromatic N) is 1. The Morgan fingerprint density at radius 1 is 1.00 bits per heavy atom. The molecule has 1 saturated heterocycles. The van der Waals surface area contributed by atoms with Crippen LogP contribution in [-0.2, 0) is 43.4 Å². The molecular weight excluding hydrogens is 576 g/mol. The van der Waals surface area contributed by atoms with Crippen molar-refractivity contribution in [2.75, 3.05) is 32.6 Å². The lowest BCUT2D eigenvalue weighted by Gasteiger charge is -2.43. The van der Waals surface area contributed by atoms with Crippen LogP contribution in [-0.4, -0.2) is 61.4 Å². The van der Waals surface area contributed by atoms with Crippen LogP contribution in [0.1, 0.15) is 61.0 Å². The number of carbonyl (C=O) groups excluding carboxylic acids is 2. The van der Waals surface area contributed by atoms with E-state index in [4.69, 9.17) is 23.7 Å². The standard InChI is InChI=1S/C35H42N2O8/c1-21-32(19-37-14-13-26-16-30(41-4)31(42-5)17-28(26)18-37)44-35(45-33(21)25-11-9-24(20-38)10-12-25)27-7-6-8-29(15-27)36-34(40)22(2)43-23(3)39/h6-12,15-17,21-22,32-33,35,38H,13-14,18-20H2,1-5H3,(H,36,40). The lowest BCUT2D eigenvalue weighted by molar-refractivity contribution is -0.276. The number of hydrogen-bond acceptors (Lipinski definition) is 9. The van der Waals surface area contributed by atoms with Crippen LogP contribution in [0.2, 0.25) is 0 Å². The summed E-state index contributed by atoms with van der Waals surface area (Å²) in [6, 6.07) is 19.3. The van der Waals surface area contributed by atoms with Crippen molar-refractivity contribution in [1.82, 2.24) is 4.90 Å². The van der Waals surface area contributed by atoms with Crippen molar-refractivity contribution in [3.05, 3.63) is 88.5 Å². The summed E-state index contributed by atoms with van der Waals surface area (Å²) in [6.45, 7) is 7.23. The molecule has 0 aromatic heterocycles. The van der Waals surface area contributed by atoms with Crippen LogP contribution in [0.4, 0.5) is 5.69 Å². The van der Waals surface area contributed by atoms with Gasteiger partial charge in [-0.1, -0.05) is 43.3 Å². The molecule has 5 unspecified atom stereocenters. The third kappa shape index (κ3) is 7.65. The zero-order valence-corrected chi connectivity index (χ0v) is 26.4. The zero-order valence-electron chi connectivity index (χ0n) is 26.4. The first-order valence-electron chi connectivity index (χ1n) is 15.2. The Kier molecular flexibility index (Phi) is 10.4. The molecule has 0 bridgehead atoms. The number of rotatable bonds is 10. The van der Waals surface area contributed by atoms with Crippen molar-refractivity contribution in [3.8, 4) is 11.5 Å². The number of ether oxygens (including phenoxy) is 5. The first-order valence-corrected chi connectivity index (χ1v) is 15.2. The van der Waals surface area contributed by atoms with E-state index in [9.17, 15) is 14.7 Å². The molecule has 2 heterocycles. The highest BCUT2D eigenvalue weighted by molar-refractivity contribution is 5.95. The molecule has 2 aliphatic heterocycles. The molecule has 10 nitrogen and oxygen atoms in total. The zero-order chi connectivity index (χ0) is 32.1. The van der Waals surface area contributed by atoms with E-state index < -0.39 is 24.3 Å². The van der Waals surface area contributed by atoms with E-state index in [0.717, 1.165) is 47.7 Å². The number of nitrogens with one attached hydrogen (secondary N) is 1. The number of carbonyl (C=O) groups is 2. The predicted molar refractivity (Wildman–Crippen MR) is 168 cm³/mol. The fraction of sp³-hybridized carbons (Fsp3) is 0.429. The molecule has 2 aliphatic rings. The predicted octanol–water partition coefficient (Wildman–Crippen LogP) is 4.94. The van der Waals surface area contributed by atoms with Gasteiger partial charge in [0.1, 0.15) is 0 Å². The van der Waals surface area contributed by atoms with E-state index in [2.05, 4.69) is 29.3 Å². The van der Waals surface area contributed by atoms with Gasteiger partial charge in [0.25, 0.3) is 5.91 Å². The molecule has 0 aliphatic carbocycles. The molecule has 0 saturated carbocycles. The van der Waals surface area contributed by atoms with E-state index in [1.165, 1.54) is 25.0 Å². The minimum absolute atomic E-state index is 0.0143. The van der Waals surface area contributed by atoms with Crippen molar-refractivity contribution in [2.24, 2.45) is 5.92 Å². The average Bonchev–Trinajstić information content (AvgIpc) is 3.04. The molecule has 1 amide bonds. The highest BCUT2D eigenvalue weighted by Gasteiger charge is 2.39. The van der Waals surface area contributed by atoms with E-state index in [1.54, 1.807) is 20.3 Å². The summed E-state index contributed by atoms with van der Waals surface area (Å²) < 4.78 is 29.4. The topological polar surface area (TPSA) is 116 Å². The largest absolute Gasteiger partial charge is 0.493 e. The Hall–Kier alpha value is -3.96. The molecule has 45 heavy (non-hydrogen) atoms. The van der Waals surface area contributed by atoms with E-state index in [1.807, 2.05) is 42.5 Å². The third-order valence-corrected chi connectivity index (χ3v) is 8.50. The fourth-order valence-electron chi connectivity index (χ4n) is 5.99. The third-order valence-electron chi connectivity index (χ3n) is 8.50. The van der Waals surface area contributed by atoms with Gasteiger partial charge in [0, 0.05) is 43.7 Å². The first kappa shape index (κ1) is 32.4. The Balaban J connectivity index is 1.38. The van der Waals surface area contributed by atoms with Gasteiger partial charge >= 0.3 is 5.97 Å². The molecule has 2 N–H and O–H groups in total. The van der Waals surface area contributed by atoms with Crippen LogP contribution in [0.3, 0.4) is 0 Å². The number of fused-ring (bicyclic) bond motifs is 1. The van der Waals surface area contributed by atoms with Crippen LogP contribution in [0, 0.1) is 5.92 Å². The van der Waals surface area contributed by atoms with Crippen molar-refractivity contribution >= 4 is 17.6 Å². The number of aliphatic hydroxyl groups is 1. The number of methoxy groups -OCH3 is 2. The van der Waals surface area contributed by atoms with Crippen molar-refractivity contribution < 1.29 is 38.4 Å². The molecule has 5 atom stereocenters. The molecule has 0 spiro atoms. The summed E-state index contributed by atoms with van der Waals surface area (Å²) in [4.78, 5) is 26.3. The Bertz CT molecular complexity index is 1490. The molecule has 3 aromatic carbocycles. The maximum Gasteiger partial charge on any atom is 0.303 e. The minimum Gasteiger partial charge on any atom is -0.493 e. The number of esters is 1. The molecule has 0 radical (unpaired) electrons. The van der Waals surface area contributed by atoms with Gasteiger partial charge in [-0.05, 0) is 59.9 Å². The fourth-order valence-corrected chi connectivity index (χ4v) is 5.99. The van der Waals surface area contributed by atoms with Gasteiger partial charge in [-0.2, -0.15) is 0 Å². The summed E-state index contributed by atoms with van der Waals surface area (Å²) in [6.07, 6.45) is -1.19. The van der Waals surface area contributed by atoms with E-state index in [0.29, 0.717) is 12.2 Å². The van der Waals surface area contributed by atoms with Gasteiger partial charge in [0.15, 0.2) is 23.9 Å². The summed E-state index contributed by atoms with van der Waals surface area (Å²) in [5.41, 5.74) is 5.59. The first-order chi connectivity index (χ1) is 21.7. The van der Waals surface area contributed by atoms with Crippen LogP contribution in [0.15, 0.2) is 60.7 Å². The van der Waals surface area contributed by atoms with Gasteiger partial charge in [-0.3, -0.25) is 14.5 Å². The second kappa shape index (κ2) is 14.4. The summed E-state index contributed by atoms with van der Waals surface area (Å²) in [7, 11) is 3.30. The highest BCUT2D eigenvalue weighted by Crippen LogP contribution is 2.43. The van der Waals surface area contributed by atoms with Gasteiger partial charge in [-0.25, -0.2) is 0 Å². The maximum absolute atomic E-state index is 12.6. The lowest BCUT2D eigenvalue weighted by Crippen LogP contribution is -2.45. The lowest BCUT2D eigenvalue weighted by atomic mass is 9.89. The second-order valence-corrected chi connectivity index (χ2v) is 11.6. The monoisotopic (exact) mass is 618 g/mol. The van der Waals surface area contributed by atoms with Crippen LogP contribution >= 0.6 is 0 Å². The molecule has 5 rings (SSSR count). The van der Waals surface area contributed by atoms with Crippen molar-refractivity contribution in [3.63, 3.8) is 0 Å². The minimum atomic E-state index is -0.930. The van der Waals surface area contributed by atoms with Crippen molar-refractivity contribution in [1.29, 1.82) is 0 Å². The van der Waals surface area contributed by atoms with E-state index in [-0.39, 0.29) is 24.7 Å². The van der Waals surface area contributed by atoms with Gasteiger partial charge < -0.3 is 34.1 Å². The quantitative estimate of drug-likeness (QED) is 0.305. The normalized spacial score (nSPS) is 22.2. The number of anilines is 1. The average molecular weight is 619 g/mol. The summed E-state index contributed by atoms with van der Waals surface area (Å²) >= 11 is 0. The molecule has 3 aromatic rings. The Morgan fingerprint density at radius 3 is 2.38 bits per heavy atom. The number of hydrogen-bond donors (Lipinski definition) is 2. The molecule has 240 valence electrons. The molecule has 1 fully saturated rings. The smallest absolute Gasteiger partial charge is 0.303 e. The van der Waals surface area contributed by atoms with E-state index >= 15 is 0 Å². The van der Waals surface area contributed by atoms with Gasteiger partial charge in [0.05, 0.1) is 33.0 Å².